The van der Waals surface area contributed by atoms with Gasteiger partial charge in [-0.1, -0.05) is 13.8 Å². The lowest BCUT2D eigenvalue weighted by Crippen LogP contribution is -2.46. The maximum absolute atomic E-state index is 13.5. The second-order valence-electron chi connectivity index (χ2n) is 10.9. The monoisotopic (exact) mass is 494 g/mol. The molecule has 0 spiro atoms. The predicted molar refractivity (Wildman–Crippen MR) is 137 cm³/mol. The van der Waals surface area contributed by atoms with Crippen LogP contribution in [0.2, 0.25) is 0 Å². The quantitative estimate of drug-likeness (QED) is 0.536. The molecule has 0 unspecified atom stereocenters. The topological polar surface area (TPSA) is 88.3 Å². The van der Waals surface area contributed by atoms with Gasteiger partial charge in [0.25, 0.3) is 0 Å². The van der Waals surface area contributed by atoms with Crippen molar-refractivity contribution in [3.63, 3.8) is 0 Å². The van der Waals surface area contributed by atoms with Crippen LogP contribution in [0.1, 0.15) is 72.8 Å². The number of carbonyl (C=O) groups is 2. The van der Waals surface area contributed by atoms with Crippen LogP contribution in [0.4, 0.5) is 0 Å². The highest BCUT2D eigenvalue weighted by Crippen LogP contribution is 2.41. The number of fused-ring (bicyclic) bond motifs is 3. The second-order valence-corrected chi connectivity index (χ2v) is 12.3. The fourth-order valence-electron chi connectivity index (χ4n) is 6.14. The molecule has 1 aliphatic carbocycles. The Morgan fingerprint density at radius 1 is 1.20 bits per heavy atom. The Bertz CT molecular complexity index is 1280. The first kappa shape index (κ1) is 24.0. The lowest BCUT2D eigenvalue weighted by Gasteiger charge is -2.40. The van der Waals surface area contributed by atoms with Crippen LogP contribution in [0.5, 0.6) is 0 Å². The molecule has 8 heteroatoms. The highest BCUT2D eigenvalue weighted by Gasteiger charge is 2.39. The van der Waals surface area contributed by atoms with E-state index in [4.69, 9.17) is 9.97 Å². The average Bonchev–Trinajstić information content (AvgIpc) is 3.30. The van der Waals surface area contributed by atoms with E-state index in [0.29, 0.717) is 38.9 Å². The molecule has 5 rings (SSSR count). The van der Waals surface area contributed by atoms with Gasteiger partial charge < -0.3 is 14.6 Å². The fraction of sp³-hybridized carbons (Fsp3) is 0.556. The van der Waals surface area contributed by atoms with Gasteiger partial charge in [-0.15, -0.1) is 11.3 Å². The number of carbonyl (C=O) groups excluding carboxylic acids is 1. The molecule has 0 radical (unpaired) electrons. The van der Waals surface area contributed by atoms with Gasteiger partial charge in [-0.2, -0.15) is 0 Å². The van der Waals surface area contributed by atoms with Crippen LogP contribution in [0, 0.1) is 25.7 Å². The molecular weight excluding hydrogens is 460 g/mol. The number of hydrogen-bond donors (Lipinski definition) is 1. The van der Waals surface area contributed by atoms with Crippen LogP contribution >= 0.6 is 11.3 Å². The van der Waals surface area contributed by atoms with Crippen LogP contribution in [0.15, 0.2) is 18.3 Å². The van der Waals surface area contributed by atoms with Gasteiger partial charge in [0.1, 0.15) is 5.65 Å². The lowest BCUT2D eigenvalue weighted by molar-refractivity contribution is -0.143. The van der Waals surface area contributed by atoms with Crippen LogP contribution in [0.3, 0.4) is 0 Å². The molecule has 0 atom stereocenters. The van der Waals surface area contributed by atoms with E-state index in [2.05, 4.69) is 31.4 Å². The van der Waals surface area contributed by atoms with Crippen LogP contribution in [-0.2, 0) is 28.1 Å². The minimum absolute atomic E-state index is 0.174. The van der Waals surface area contributed by atoms with Crippen molar-refractivity contribution in [1.82, 2.24) is 19.4 Å². The molecule has 0 aromatic carbocycles. The van der Waals surface area contributed by atoms with Crippen molar-refractivity contribution in [3.05, 3.63) is 45.2 Å². The summed E-state index contributed by atoms with van der Waals surface area (Å²) in [5, 5.41) is 11.5. The summed E-state index contributed by atoms with van der Waals surface area (Å²) in [5.74, 6) is -0.505. The molecule has 0 saturated heterocycles. The molecule has 2 aliphatic rings. The number of carboxylic acid groups (broad SMARTS) is 1. The van der Waals surface area contributed by atoms with Gasteiger partial charge in [0.05, 0.1) is 29.7 Å². The average molecular weight is 495 g/mol. The summed E-state index contributed by atoms with van der Waals surface area (Å²) in [4.78, 5) is 37.5. The largest absolute Gasteiger partial charge is 0.481 e. The zero-order chi connectivity index (χ0) is 24.9. The van der Waals surface area contributed by atoms with Gasteiger partial charge in [-0.05, 0) is 63.1 Å². The summed E-state index contributed by atoms with van der Waals surface area (Å²) in [6.07, 6.45) is 5.33. The SMILES string of the molecule is Cc1nc(Cn2c3c(c4cccnc42)C(C)(C)CN(C(=O)C[C@H]2CC[C@@H](C(=O)O)CC2)C3)c(C)s1. The summed E-state index contributed by atoms with van der Waals surface area (Å²) < 4.78 is 2.27. The van der Waals surface area contributed by atoms with Crippen LogP contribution in [-0.4, -0.2) is 43.0 Å². The number of nitrogens with zero attached hydrogens (tertiary/aromatic N) is 4. The first-order valence-electron chi connectivity index (χ1n) is 12.5. The van der Waals surface area contributed by atoms with Gasteiger partial charge >= 0.3 is 5.97 Å². The Labute approximate surface area is 210 Å². The second kappa shape index (κ2) is 9.04. The maximum Gasteiger partial charge on any atom is 0.306 e. The van der Waals surface area contributed by atoms with E-state index in [0.717, 1.165) is 40.3 Å². The van der Waals surface area contributed by atoms with E-state index < -0.39 is 5.97 Å². The van der Waals surface area contributed by atoms with Gasteiger partial charge in [0, 0.05) is 40.5 Å². The Morgan fingerprint density at radius 3 is 2.60 bits per heavy atom. The number of hydrogen-bond acceptors (Lipinski definition) is 5. The Hall–Kier alpha value is -2.74. The Kier molecular flexibility index (Phi) is 6.20. The summed E-state index contributed by atoms with van der Waals surface area (Å²) in [5.41, 5.74) is 4.26. The van der Waals surface area contributed by atoms with E-state index >= 15 is 0 Å². The van der Waals surface area contributed by atoms with Crippen LogP contribution < -0.4 is 0 Å². The normalized spacial score (nSPS) is 21.8. The molecule has 1 fully saturated rings. The van der Waals surface area contributed by atoms with Crippen LogP contribution in [0.25, 0.3) is 11.0 Å². The third-order valence-electron chi connectivity index (χ3n) is 7.85. The molecule has 1 saturated carbocycles. The molecule has 0 bridgehead atoms. The molecule has 3 aromatic rings. The number of amides is 1. The minimum atomic E-state index is -0.702. The third kappa shape index (κ3) is 4.48. The molecule has 4 heterocycles. The number of pyridine rings is 1. The summed E-state index contributed by atoms with van der Waals surface area (Å²) in [7, 11) is 0. The van der Waals surface area contributed by atoms with E-state index in [1.165, 1.54) is 10.4 Å². The molecule has 1 aliphatic heterocycles. The third-order valence-corrected chi connectivity index (χ3v) is 8.78. The molecule has 3 aromatic heterocycles. The fourth-order valence-corrected chi connectivity index (χ4v) is 6.97. The van der Waals surface area contributed by atoms with Crippen molar-refractivity contribution >= 4 is 34.2 Å². The number of rotatable bonds is 5. The maximum atomic E-state index is 13.5. The smallest absolute Gasteiger partial charge is 0.306 e. The number of aromatic nitrogens is 3. The van der Waals surface area contributed by atoms with Crippen molar-refractivity contribution < 1.29 is 14.7 Å². The first-order chi connectivity index (χ1) is 16.6. The van der Waals surface area contributed by atoms with E-state index in [-0.39, 0.29) is 23.2 Å². The van der Waals surface area contributed by atoms with Gasteiger partial charge in [-0.25, -0.2) is 9.97 Å². The first-order valence-corrected chi connectivity index (χ1v) is 13.4. The molecule has 1 amide bonds. The highest BCUT2D eigenvalue weighted by atomic mass is 32.1. The minimum Gasteiger partial charge on any atom is -0.481 e. The zero-order valence-corrected chi connectivity index (χ0v) is 21.8. The molecule has 35 heavy (non-hydrogen) atoms. The Balaban J connectivity index is 1.44. The van der Waals surface area contributed by atoms with E-state index in [9.17, 15) is 14.7 Å². The predicted octanol–water partition coefficient (Wildman–Crippen LogP) is 5.06. The molecular formula is C27H34N4O3S. The number of aryl methyl sites for hydroxylation is 2. The van der Waals surface area contributed by atoms with Gasteiger partial charge in [0.2, 0.25) is 5.91 Å². The van der Waals surface area contributed by atoms with Crippen molar-refractivity contribution in [2.24, 2.45) is 11.8 Å². The lowest BCUT2D eigenvalue weighted by atomic mass is 9.78. The summed E-state index contributed by atoms with van der Waals surface area (Å²) in [6, 6.07) is 4.14. The number of aliphatic carboxylic acids is 1. The van der Waals surface area contributed by atoms with Gasteiger partial charge in [-0.3, -0.25) is 9.59 Å². The van der Waals surface area contributed by atoms with Gasteiger partial charge in [0.15, 0.2) is 0 Å². The van der Waals surface area contributed by atoms with E-state index in [1.807, 2.05) is 24.1 Å². The summed E-state index contributed by atoms with van der Waals surface area (Å²) in [6.45, 7) is 10.5. The number of carboxylic acids is 1. The molecule has 186 valence electrons. The van der Waals surface area contributed by atoms with Crippen molar-refractivity contribution in [1.29, 1.82) is 0 Å². The zero-order valence-electron chi connectivity index (χ0n) is 21.0. The number of thiazole rings is 1. The van der Waals surface area contributed by atoms with Crippen molar-refractivity contribution in [3.8, 4) is 0 Å². The molecule has 1 N–H and O–H groups in total. The van der Waals surface area contributed by atoms with E-state index in [1.54, 1.807) is 11.3 Å². The molecule has 7 nitrogen and oxygen atoms in total. The Morgan fingerprint density at radius 2 is 1.94 bits per heavy atom. The highest BCUT2D eigenvalue weighted by molar-refractivity contribution is 7.11. The van der Waals surface area contributed by atoms with Crippen molar-refractivity contribution in [2.75, 3.05) is 6.54 Å². The van der Waals surface area contributed by atoms with Crippen molar-refractivity contribution in [2.45, 2.75) is 78.3 Å². The summed E-state index contributed by atoms with van der Waals surface area (Å²) >= 11 is 1.71. The standard InChI is InChI=1S/C27H34N4O3S/c1-16-21(29-17(2)35-16)13-31-22-14-30(23(32)12-18-7-9-19(10-8-18)26(33)34)15-27(3,4)24(22)20-6-5-11-28-25(20)31/h5-6,11,18-19H,7-10,12-15H2,1-4H3,(H,33,34)/t18-,19+.